The van der Waals surface area contributed by atoms with E-state index in [0.29, 0.717) is 30.5 Å². The Labute approximate surface area is 179 Å². The number of amides is 2. The van der Waals surface area contributed by atoms with Crippen LogP contribution in [0, 0.1) is 18.8 Å². The van der Waals surface area contributed by atoms with Gasteiger partial charge in [-0.1, -0.05) is 0 Å². The van der Waals surface area contributed by atoms with Gasteiger partial charge in [0.25, 0.3) is 5.91 Å². The second-order valence-corrected chi connectivity index (χ2v) is 9.58. The summed E-state index contributed by atoms with van der Waals surface area (Å²) in [6, 6.07) is 0.243. The first-order chi connectivity index (χ1) is 14.6. The van der Waals surface area contributed by atoms with Gasteiger partial charge in [-0.2, -0.15) is 0 Å². The minimum atomic E-state index is -0.163. The third-order valence-electron chi connectivity index (χ3n) is 6.69. The van der Waals surface area contributed by atoms with Gasteiger partial charge in [0.05, 0.1) is 17.2 Å². The molecule has 0 aliphatic carbocycles. The smallest absolute Gasteiger partial charge is 0.270 e. The van der Waals surface area contributed by atoms with Crippen LogP contribution in [0.1, 0.15) is 41.2 Å². The molecule has 4 atom stereocenters. The summed E-state index contributed by atoms with van der Waals surface area (Å²) in [5.41, 5.74) is 0.456. The van der Waals surface area contributed by atoms with Gasteiger partial charge in [0.2, 0.25) is 5.91 Å². The highest BCUT2D eigenvalue weighted by atomic mass is 32.1. The van der Waals surface area contributed by atoms with Crippen molar-refractivity contribution in [3.8, 4) is 0 Å². The number of nitrogens with zero attached hydrogens (tertiary/aromatic N) is 5. The molecule has 1 N–H and O–H groups in total. The number of thiazole rings is 1. The standard InChI is InChI=1S/C21H26N6O2S/c1-13-25-16(12-30-13)21(29)24-8-18-15-7-14(17-3-2-4-20(28)27(17)18)10-26(11-15)19-9-22-5-6-23-19/h5-6,9,12,14-15,17-18H,2-4,7-8,10-11H2,1H3,(H,24,29)/t14-,15+,17+,18+/m1/s1. The predicted molar refractivity (Wildman–Crippen MR) is 113 cm³/mol. The van der Waals surface area contributed by atoms with Gasteiger partial charge < -0.3 is 15.1 Å². The Balaban J connectivity index is 1.37. The topological polar surface area (TPSA) is 91.3 Å². The Morgan fingerprint density at radius 3 is 2.93 bits per heavy atom. The van der Waals surface area contributed by atoms with Crippen LogP contribution >= 0.6 is 11.3 Å². The van der Waals surface area contributed by atoms with Gasteiger partial charge in [0.1, 0.15) is 11.5 Å². The van der Waals surface area contributed by atoms with Crippen molar-refractivity contribution in [3.05, 3.63) is 34.7 Å². The Hall–Kier alpha value is -2.55. The van der Waals surface area contributed by atoms with E-state index in [2.05, 4.69) is 30.1 Å². The van der Waals surface area contributed by atoms with Crippen LogP contribution < -0.4 is 10.2 Å². The first-order valence-corrected chi connectivity index (χ1v) is 11.5. The van der Waals surface area contributed by atoms with Gasteiger partial charge in [0.15, 0.2) is 0 Å². The van der Waals surface area contributed by atoms with Crippen molar-refractivity contribution >= 4 is 29.0 Å². The Bertz CT molecular complexity index is 935. The van der Waals surface area contributed by atoms with E-state index in [0.717, 1.165) is 43.2 Å². The lowest BCUT2D eigenvalue weighted by molar-refractivity contribution is -0.148. The Kier molecular flexibility index (Phi) is 5.14. The normalized spacial score (nSPS) is 28.2. The van der Waals surface area contributed by atoms with Crippen LogP contribution in [0.5, 0.6) is 0 Å². The molecule has 2 aromatic heterocycles. The maximum absolute atomic E-state index is 12.9. The predicted octanol–water partition coefficient (Wildman–Crippen LogP) is 1.88. The lowest BCUT2D eigenvalue weighted by Gasteiger charge is -2.56. The van der Waals surface area contributed by atoms with E-state index >= 15 is 0 Å². The van der Waals surface area contributed by atoms with Crippen LogP contribution in [0.4, 0.5) is 5.82 Å². The minimum Gasteiger partial charge on any atom is -0.355 e. The third-order valence-corrected chi connectivity index (χ3v) is 7.47. The zero-order valence-corrected chi connectivity index (χ0v) is 17.8. The molecular weight excluding hydrogens is 400 g/mol. The van der Waals surface area contributed by atoms with Crippen molar-refractivity contribution < 1.29 is 9.59 Å². The SMILES string of the molecule is Cc1nc(C(=O)NC[C@H]2[C@H]3C[C@H](CN(c4cnccn4)C3)[C@@H]3CCCC(=O)N32)cs1. The number of aromatic nitrogens is 3. The van der Waals surface area contributed by atoms with E-state index in [1.807, 2.05) is 13.1 Å². The number of rotatable bonds is 4. The van der Waals surface area contributed by atoms with E-state index in [4.69, 9.17) is 0 Å². The van der Waals surface area contributed by atoms with Gasteiger partial charge in [0, 0.05) is 49.9 Å². The van der Waals surface area contributed by atoms with Crippen LogP contribution in [0.2, 0.25) is 0 Å². The number of carbonyl (C=O) groups is 2. The highest BCUT2D eigenvalue weighted by Crippen LogP contribution is 2.42. The number of hydrogen-bond acceptors (Lipinski definition) is 7. The molecule has 0 spiro atoms. The van der Waals surface area contributed by atoms with Crippen LogP contribution in [0.3, 0.4) is 0 Å². The lowest BCUT2D eigenvalue weighted by Crippen LogP contribution is -2.67. The van der Waals surface area contributed by atoms with Gasteiger partial charge >= 0.3 is 0 Å². The molecule has 9 heteroatoms. The van der Waals surface area contributed by atoms with Crippen molar-refractivity contribution in [2.45, 2.75) is 44.7 Å². The minimum absolute atomic E-state index is 0.00204. The molecule has 3 fully saturated rings. The highest BCUT2D eigenvalue weighted by Gasteiger charge is 2.49. The summed E-state index contributed by atoms with van der Waals surface area (Å²) in [6.07, 6.45) is 8.90. The van der Waals surface area contributed by atoms with Crippen LogP contribution in [-0.2, 0) is 4.79 Å². The molecule has 3 aliphatic heterocycles. The second kappa shape index (κ2) is 7.94. The first kappa shape index (κ1) is 19.4. The summed E-state index contributed by atoms with van der Waals surface area (Å²) < 4.78 is 0. The Morgan fingerprint density at radius 1 is 1.30 bits per heavy atom. The molecule has 0 aromatic carbocycles. The zero-order chi connectivity index (χ0) is 20.7. The van der Waals surface area contributed by atoms with Crippen molar-refractivity contribution in [3.63, 3.8) is 0 Å². The summed E-state index contributed by atoms with van der Waals surface area (Å²) in [4.78, 5) is 42.9. The molecule has 5 heterocycles. The maximum atomic E-state index is 12.9. The molecule has 5 rings (SSSR count). The number of aryl methyl sites for hydroxylation is 1. The number of nitrogens with one attached hydrogen (secondary N) is 1. The molecule has 8 nitrogen and oxygen atoms in total. The summed E-state index contributed by atoms with van der Waals surface area (Å²) in [5, 5.41) is 5.72. The largest absolute Gasteiger partial charge is 0.355 e. The van der Waals surface area contributed by atoms with Gasteiger partial charge in [-0.3, -0.25) is 14.6 Å². The zero-order valence-electron chi connectivity index (χ0n) is 17.0. The molecule has 30 heavy (non-hydrogen) atoms. The van der Waals surface area contributed by atoms with E-state index in [1.165, 1.54) is 11.3 Å². The van der Waals surface area contributed by atoms with Gasteiger partial charge in [-0.25, -0.2) is 9.97 Å². The molecule has 158 valence electrons. The summed E-state index contributed by atoms with van der Waals surface area (Å²) in [5.74, 6) is 1.69. The number of hydrogen-bond donors (Lipinski definition) is 1. The average molecular weight is 427 g/mol. The van der Waals surface area contributed by atoms with Crippen LogP contribution in [0.15, 0.2) is 24.0 Å². The van der Waals surface area contributed by atoms with Crippen molar-refractivity contribution in [2.75, 3.05) is 24.5 Å². The molecule has 0 saturated carbocycles. The maximum Gasteiger partial charge on any atom is 0.270 e. The van der Waals surface area contributed by atoms with E-state index in [9.17, 15) is 9.59 Å². The molecule has 3 saturated heterocycles. The molecule has 2 bridgehead atoms. The first-order valence-electron chi connectivity index (χ1n) is 10.6. The van der Waals surface area contributed by atoms with E-state index in [-0.39, 0.29) is 23.9 Å². The van der Waals surface area contributed by atoms with Crippen LogP contribution in [0.25, 0.3) is 0 Å². The average Bonchev–Trinajstić information content (AvgIpc) is 3.21. The number of piperidine rings is 3. The second-order valence-electron chi connectivity index (χ2n) is 8.51. The fraction of sp³-hybridized carbons (Fsp3) is 0.571. The number of anilines is 1. The number of carbonyl (C=O) groups excluding carboxylic acids is 2. The molecular formula is C21H26N6O2S. The number of fused-ring (bicyclic) bond motifs is 4. The Morgan fingerprint density at radius 2 is 2.17 bits per heavy atom. The molecule has 0 unspecified atom stereocenters. The summed E-state index contributed by atoms with van der Waals surface area (Å²) >= 11 is 1.47. The van der Waals surface area contributed by atoms with Crippen molar-refractivity contribution in [1.82, 2.24) is 25.2 Å². The summed E-state index contributed by atoms with van der Waals surface area (Å²) in [7, 11) is 0. The van der Waals surface area contributed by atoms with Crippen LogP contribution in [-0.4, -0.2) is 63.4 Å². The van der Waals surface area contributed by atoms with Gasteiger partial charge in [-0.05, 0) is 38.0 Å². The van der Waals surface area contributed by atoms with Gasteiger partial charge in [-0.15, -0.1) is 11.3 Å². The molecule has 3 aliphatic rings. The molecule has 0 radical (unpaired) electrons. The molecule has 2 aromatic rings. The fourth-order valence-corrected chi connectivity index (χ4v) is 6.03. The fourth-order valence-electron chi connectivity index (χ4n) is 5.43. The van der Waals surface area contributed by atoms with E-state index < -0.39 is 0 Å². The van der Waals surface area contributed by atoms with Crippen molar-refractivity contribution in [2.24, 2.45) is 11.8 Å². The highest BCUT2D eigenvalue weighted by molar-refractivity contribution is 7.09. The quantitative estimate of drug-likeness (QED) is 0.803. The third kappa shape index (κ3) is 3.55. The van der Waals surface area contributed by atoms with Crippen molar-refractivity contribution in [1.29, 1.82) is 0 Å². The summed E-state index contributed by atoms with van der Waals surface area (Å²) in [6.45, 7) is 4.08. The van der Waals surface area contributed by atoms with E-state index in [1.54, 1.807) is 17.8 Å². The molecule has 2 amide bonds. The lowest BCUT2D eigenvalue weighted by atomic mass is 9.72. The monoisotopic (exact) mass is 426 g/mol.